The maximum absolute atomic E-state index is 12.7. The van der Waals surface area contributed by atoms with Crippen LogP contribution in [0, 0.1) is 0 Å². The van der Waals surface area contributed by atoms with Crippen LogP contribution in [0.3, 0.4) is 0 Å². The Kier molecular flexibility index (Phi) is 8.85. The lowest BCUT2D eigenvalue weighted by molar-refractivity contribution is 0.221. The van der Waals surface area contributed by atoms with Crippen LogP contribution in [0.2, 0.25) is 0 Å². The van der Waals surface area contributed by atoms with Crippen molar-refractivity contribution in [2.45, 2.75) is 47.7 Å². The summed E-state index contributed by atoms with van der Waals surface area (Å²) in [5.41, 5.74) is 8.29. The Morgan fingerprint density at radius 3 is 1.33 bits per heavy atom. The Morgan fingerprint density at radius 1 is 0.284 bits per heavy atom. The molecule has 2 heterocycles. The molecule has 0 saturated heterocycles. The first-order chi connectivity index (χ1) is 32.4. The third-order valence-electron chi connectivity index (χ3n) is 14.4. The molecule has 8 atom stereocenters. The van der Waals surface area contributed by atoms with Gasteiger partial charge in [0.25, 0.3) is 0 Å². The van der Waals surface area contributed by atoms with Gasteiger partial charge in [0.1, 0.15) is 75.5 Å². The second-order valence-electron chi connectivity index (χ2n) is 18.0. The molecule has 0 fully saturated rings. The van der Waals surface area contributed by atoms with Crippen LogP contribution >= 0.6 is 0 Å². The van der Waals surface area contributed by atoms with Crippen LogP contribution < -0.4 is 9.47 Å². The molecule has 0 radical (unpaired) electrons. The zero-order valence-corrected chi connectivity index (χ0v) is 35.4. The monoisotopic (exact) mass is 890 g/mol. The molecule has 11 nitrogen and oxygen atoms in total. The fourth-order valence-electron chi connectivity index (χ4n) is 12.0. The molecule has 2 aliphatic heterocycles. The van der Waals surface area contributed by atoms with Crippen molar-refractivity contribution in [2.24, 2.45) is 0 Å². The molecule has 0 amide bonds. The van der Waals surface area contributed by atoms with Gasteiger partial charge in [0.15, 0.2) is 0 Å². The molecule has 2 aliphatic carbocycles. The van der Waals surface area contributed by atoms with Crippen LogP contribution in [0.25, 0.3) is 0 Å². The molecule has 0 bridgehead atoms. The van der Waals surface area contributed by atoms with Gasteiger partial charge in [-0.05, 0) is 117 Å². The van der Waals surface area contributed by atoms with E-state index >= 15 is 0 Å². The average Bonchev–Trinajstić information content (AvgIpc) is 3.96. The second kappa shape index (κ2) is 14.8. The molecule has 12 rings (SSSR count). The molecular formula is C56H42O11. The first kappa shape index (κ1) is 40.1. The minimum Gasteiger partial charge on any atom is -0.508 e. The molecule has 0 unspecified atom stereocenters. The number of rotatable bonds is 6. The molecule has 0 spiro atoms. The van der Waals surface area contributed by atoms with Gasteiger partial charge in [-0.25, -0.2) is 0 Å². The number of fused-ring (bicyclic) bond motifs is 3. The summed E-state index contributed by atoms with van der Waals surface area (Å²) in [6.45, 7) is 0. The predicted octanol–water partition coefficient (Wildman–Crippen LogP) is 10.7. The highest BCUT2D eigenvalue weighted by Crippen LogP contribution is 2.72. The van der Waals surface area contributed by atoms with E-state index in [9.17, 15) is 46.0 Å². The molecule has 0 aromatic heterocycles. The van der Waals surface area contributed by atoms with Crippen molar-refractivity contribution in [1.29, 1.82) is 0 Å². The highest BCUT2D eigenvalue weighted by Gasteiger charge is 2.57. The SMILES string of the molecule is Oc1ccc([C@H]2c3c(O)cc(O)cc3[C@@H]3c4c(cc(O)c5c4[C@H]2[C@@H](c2cccc4c2[C@@H](c2cc(O)cc(O)c2)[C@H](c2ccc(O)cc2)O4)[C@H]5c2ccc(O)cc2)O[C@H]3c2ccc(O)cc2)cc1. The lowest BCUT2D eigenvalue weighted by atomic mass is 9.67. The molecule has 9 N–H and O–H groups in total. The molecule has 4 aliphatic rings. The number of ether oxygens (including phenoxy) is 2. The summed E-state index contributed by atoms with van der Waals surface area (Å²) in [6, 6.07) is 42.1. The van der Waals surface area contributed by atoms with Crippen LogP contribution in [-0.2, 0) is 0 Å². The van der Waals surface area contributed by atoms with E-state index in [0.717, 1.165) is 38.9 Å². The van der Waals surface area contributed by atoms with E-state index in [-0.39, 0.29) is 51.7 Å². The minimum atomic E-state index is -0.741. The Bertz CT molecular complexity index is 3250. The number of hydrogen-bond donors (Lipinski definition) is 9. The van der Waals surface area contributed by atoms with Crippen LogP contribution in [0.4, 0.5) is 0 Å². The van der Waals surface area contributed by atoms with E-state index in [1.54, 1.807) is 97.1 Å². The van der Waals surface area contributed by atoms with E-state index in [0.29, 0.717) is 39.3 Å². The third-order valence-corrected chi connectivity index (χ3v) is 14.4. The first-order valence-electron chi connectivity index (χ1n) is 22.0. The van der Waals surface area contributed by atoms with Gasteiger partial charge in [-0.15, -0.1) is 0 Å². The first-order valence-corrected chi connectivity index (χ1v) is 22.0. The number of aromatic hydroxyl groups is 9. The summed E-state index contributed by atoms with van der Waals surface area (Å²) in [4.78, 5) is 0. The third kappa shape index (κ3) is 6.18. The van der Waals surface area contributed by atoms with Crippen molar-refractivity contribution >= 4 is 0 Å². The van der Waals surface area contributed by atoms with Gasteiger partial charge in [0.2, 0.25) is 0 Å². The molecule has 8 aromatic carbocycles. The molecule has 8 aromatic rings. The zero-order valence-electron chi connectivity index (χ0n) is 35.4. The van der Waals surface area contributed by atoms with Gasteiger partial charge >= 0.3 is 0 Å². The van der Waals surface area contributed by atoms with Crippen LogP contribution in [0.1, 0.15) is 114 Å². The summed E-state index contributed by atoms with van der Waals surface area (Å²) in [7, 11) is 0. The standard InChI is InChI=1S/C56H42O11/c57-31-12-4-26(5-13-31)44-47-39(23-37(63)24-40(47)64)50-52-43(67-56(50)29-10-18-34(60)19-11-29)25-41(65)51-45(27-6-14-32(58)15-7-27)49(53(44)54(51)52)38-2-1-3-42-48(38)46(30-20-35(61)22-36(62)21-30)55(66-42)28-8-16-33(59)17-9-28/h1-25,44-46,49-50,53,55-65H/t44-,45+,46+,49-,50+,53+,55-,56-/m0/s1. The largest absolute Gasteiger partial charge is 0.508 e. The van der Waals surface area contributed by atoms with Crippen molar-refractivity contribution in [3.63, 3.8) is 0 Å². The number of benzene rings is 8. The van der Waals surface area contributed by atoms with Crippen molar-refractivity contribution < 1.29 is 55.4 Å². The topological polar surface area (TPSA) is 201 Å². The smallest absolute Gasteiger partial charge is 0.135 e. The molecular weight excluding hydrogens is 849 g/mol. The lowest BCUT2D eigenvalue weighted by Crippen LogP contribution is -2.22. The fourth-order valence-corrected chi connectivity index (χ4v) is 12.0. The van der Waals surface area contributed by atoms with Crippen molar-refractivity contribution in [1.82, 2.24) is 0 Å². The molecule has 0 saturated carbocycles. The van der Waals surface area contributed by atoms with Gasteiger partial charge < -0.3 is 55.4 Å². The summed E-state index contributed by atoms with van der Waals surface area (Å²) in [5, 5.41) is 101. The van der Waals surface area contributed by atoms with Crippen LogP contribution in [-0.4, -0.2) is 46.0 Å². The maximum atomic E-state index is 12.7. The second-order valence-corrected chi connectivity index (χ2v) is 18.0. The molecule has 67 heavy (non-hydrogen) atoms. The Balaban J connectivity index is 1.20. The van der Waals surface area contributed by atoms with Crippen molar-refractivity contribution in [3.8, 4) is 63.2 Å². The Hall–Kier alpha value is -8.44. The van der Waals surface area contributed by atoms with E-state index in [4.69, 9.17) is 9.47 Å². The van der Waals surface area contributed by atoms with E-state index in [1.165, 1.54) is 12.1 Å². The van der Waals surface area contributed by atoms with E-state index in [2.05, 4.69) is 0 Å². The number of phenolic OH excluding ortho intramolecular Hbond substituents is 9. The Morgan fingerprint density at radius 2 is 0.761 bits per heavy atom. The summed E-state index contributed by atoms with van der Waals surface area (Å²) >= 11 is 0. The van der Waals surface area contributed by atoms with Gasteiger partial charge in [-0.1, -0.05) is 60.7 Å². The Labute approximate surface area is 383 Å². The van der Waals surface area contributed by atoms with Crippen LogP contribution in [0.5, 0.6) is 63.2 Å². The van der Waals surface area contributed by atoms with E-state index < -0.39 is 47.7 Å². The molecule has 332 valence electrons. The maximum Gasteiger partial charge on any atom is 0.135 e. The normalized spacial score (nSPS) is 22.8. The van der Waals surface area contributed by atoms with Crippen LogP contribution in [0.15, 0.2) is 152 Å². The highest BCUT2D eigenvalue weighted by molar-refractivity contribution is 5.73. The van der Waals surface area contributed by atoms with Gasteiger partial charge in [0.05, 0.1) is 11.8 Å². The van der Waals surface area contributed by atoms with Crippen molar-refractivity contribution in [3.05, 3.63) is 218 Å². The van der Waals surface area contributed by atoms with Gasteiger partial charge in [0, 0.05) is 64.1 Å². The summed E-state index contributed by atoms with van der Waals surface area (Å²) < 4.78 is 13.8. The summed E-state index contributed by atoms with van der Waals surface area (Å²) in [5.74, 6) is -3.40. The lowest BCUT2D eigenvalue weighted by Gasteiger charge is -2.35. The predicted molar refractivity (Wildman–Crippen MR) is 246 cm³/mol. The summed E-state index contributed by atoms with van der Waals surface area (Å²) in [6.07, 6.45) is -1.44. The quantitative estimate of drug-likeness (QED) is 0.0769. The number of hydrogen-bond acceptors (Lipinski definition) is 11. The van der Waals surface area contributed by atoms with E-state index in [1.807, 2.05) is 42.5 Å². The average molecular weight is 891 g/mol. The molecule has 11 heteroatoms. The van der Waals surface area contributed by atoms with Gasteiger partial charge in [-0.2, -0.15) is 0 Å². The number of phenols is 9. The fraction of sp³-hybridized carbons (Fsp3) is 0.143. The van der Waals surface area contributed by atoms with Crippen molar-refractivity contribution in [2.75, 3.05) is 0 Å². The van der Waals surface area contributed by atoms with Gasteiger partial charge in [-0.3, -0.25) is 0 Å². The minimum absolute atomic E-state index is 0.0350. The highest BCUT2D eigenvalue weighted by atomic mass is 16.5. The zero-order chi connectivity index (χ0) is 46.0.